The Morgan fingerprint density at radius 2 is 2.21 bits per heavy atom. The van der Waals surface area contributed by atoms with E-state index in [2.05, 4.69) is 4.74 Å². The van der Waals surface area contributed by atoms with Gasteiger partial charge < -0.3 is 4.74 Å². The molecule has 0 spiro atoms. The van der Waals surface area contributed by atoms with E-state index in [1.807, 2.05) is 24.3 Å². The number of halogens is 1. The van der Waals surface area contributed by atoms with Crippen molar-refractivity contribution in [3.8, 4) is 0 Å². The molecule has 0 aliphatic heterocycles. The second-order valence-electron chi connectivity index (χ2n) is 3.49. The lowest BCUT2D eigenvalue weighted by molar-refractivity contribution is -0.142. The maximum absolute atomic E-state index is 11.2. The Balaban J connectivity index is 2.13. The summed E-state index contributed by atoms with van der Waals surface area (Å²) in [4.78, 5) is 11.2. The number of esters is 1. The summed E-state index contributed by atoms with van der Waals surface area (Å²) in [5, 5.41) is 0.740. The number of hydrogen-bond donors (Lipinski definition) is 0. The number of ether oxygens (including phenoxy) is 1. The van der Waals surface area contributed by atoms with Gasteiger partial charge in [0, 0.05) is 5.02 Å². The molecule has 1 fully saturated rings. The summed E-state index contributed by atoms with van der Waals surface area (Å²) < 4.78 is 4.68. The highest BCUT2D eigenvalue weighted by Crippen LogP contribution is 2.49. The van der Waals surface area contributed by atoms with Crippen LogP contribution in [-0.4, -0.2) is 13.1 Å². The first-order valence-corrected chi connectivity index (χ1v) is 4.94. The maximum atomic E-state index is 11.2. The van der Waals surface area contributed by atoms with E-state index in [0.717, 1.165) is 17.0 Å². The van der Waals surface area contributed by atoms with Gasteiger partial charge in [0.25, 0.3) is 0 Å². The summed E-state index contributed by atoms with van der Waals surface area (Å²) in [5.74, 6) is 0.144. The highest BCUT2D eigenvalue weighted by atomic mass is 35.5. The topological polar surface area (TPSA) is 26.3 Å². The Kier molecular flexibility index (Phi) is 2.46. The average molecular weight is 211 g/mol. The van der Waals surface area contributed by atoms with Crippen LogP contribution >= 0.6 is 11.6 Å². The molecule has 0 N–H and O–H groups in total. The Bertz CT molecular complexity index is 362. The van der Waals surface area contributed by atoms with Gasteiger partial charge in [-0.1, -0.05) is 29.8 Å². The third-order valence-corrected chi connectivity index (χ3v) is 2.94. The second-order valence-corrected chi connectivity index (χ2v) is 3.90. The molecule has 1 aromatic carbocycles. The smallest absolute Gasteiger partial charge is 0.309 e. The summed E-state index contributed by atoms with van der Waals surface area (Å²) in [6.45, 7) is 0. The number of methoxy groups -OCH3 is 1. The van der Waals surface area contributed by atoms with Crippen molar-refractivity contribution in [2.45, 2.75) is 12.3 Å². The molecule has 1 aliphatic carbocycles. The number of carbonyl (C=O) groups excluding carboxylic acids is 1. The first-order chi connectivity index (χ1) is 6.74. The van der Waals surface area contributed by atoms with Crippen molar-refractivity contribution in [3.05, 3.63) is 34.9 Å². The van der Waals surface area contributed by atoms with Crippen LogP contribution in [-0.2, 0) is 9.53 Å². The lowest BCUT2D eigenvalue weighted by atomic mass is 10.1. The van der Waals surface area contributed by atoms with Gasteiger partial charge in [-0.25, -0.2) is 0 Å². The Labute approximate surface area is 87.8 Å². The first kappa shape index (κ1) is 9.53. The van der Waals surface area contributed by atoms with Crippen LogP contribution in [0.5, 0.6) is 0 Å². The van der Waals surface area contributed by atoms with Crippen molar-refractivity contribution in [1.29, 1.82) is 0 Å². The molecule has 2 nitrogen and oxygen atoms in total. The molecule has 1 aliphatic rings. The van der Waals surface area contributed by atoms with Gasteiger partial charge in [-0.3, -0.25) is 4.79 Å². The van der Waals surface area contributed by atoms with Crippen molar-refractivity contribution in [2.75, 3.05) is 7.11 Å². The van der Waals surface area contributed by atoms with Crippen LogP contribution in [0, 0.1) is 5.92 Å². The molecule has 1 aromatic rings. The molecule has 0 bridgehead atoms. The molecule has 0 aromatic heterocycles. The standard InChI is InChI=1S/C11H11ClO2/c1-14-11(13)9-6-8(9)7-4-2-3-5-10(7)12/h2-5,8-9H,6H2,1H3/t8-,9+/m1/s1. The molecule has 2 rings (SSSR count). The highest BCUT2D eigenvalue weighted by molar-refractivity contribution is 6.31. The third-order valence-electron chi connectivity index (χ3n) is 2.60. The predicted molar refractivity (Wildman–Crippen MR) is 54.3 cm³/mol. The van der Waals surface area contributed by atoms with Gasteiger partial charge >= 0.3 is 5.97 Å². The van der Waals surface area contributed by atoms with Gasteiger partial charge in [0.1, 0.15) is 0 Å². The number of carbonyl (C=O) groups is 1. The summed E-state index contributed by atoms with van der Waals surface area (Å²) in [6, 6.07) is 7.65. The van der Waals surface area contributed by atoms with Crippen LogP contribution in [0.15, 0.2) is 24.3 Å². The van der Waals surface area contributed by atoms with Crippen LogP contribution in [0.25, 0.3) is 0 Å². The fraction of sp³-hybridized carbons (Fsp3) is 0.364. The number of benzene rings is 1. The lowest BCUT2D eigenvalue weighted by Crippen LogP contribution is -2.03. The predicted octanol–water partition coefficient (Wildman–Crippen LogP) is 2.62. The van der Waals surface area contributed by atoms with Gasteiger partial charge in [-0.15, -0.1) is 0 Å². The van der Waals surface area contributed by atoms with Crippen LogP contribution in [0.2, 0.25) is 5.02 Å². The largest absolute Gasteiger partial charge is 0.469 e. The fourth-order valence-corrected chi connectivity index (χ4v) is 2.00. The first-order valence-electron chi connectivity index (χ1n) is 4.56. The molecule has 3 heteroatoms. The molecular formula is C11H11ClO2. The Hall–Kier alpha value is -1.02. The van der Waals surface area contributed by atoms with Gasteiger partial charge in [-0.05, 0) is 24.0 Å². The Morgan fingerprint density at radius 3 is 2.86 bits per heavy atom. The summed E-state index contributed by atoms with van der Waals surface area (Å²) in [6.07, 6.45) is 0.858. The van der Waals surface area contributed by atoms with E-state index in [0.29, 0.717) is 0 Å². The van der Waals surface area contributed by atoms with Gasteiger partial charge in [0.05, 0.1) is 13.0 Å². The van der Waals surface area contributed by atoms with E-state index in [1.54, 1.807) is 0 Å². The summed E-state index contributed by atoms with van der Waals surface area (Å²) >= 11 is 6.02. The van der Waals surface area contributed by atoms with Crippen molar-refractivity contribution >= 4 is 17.6 Å². The lowest BCUT2D eigenvalue weighted by Gasteiger charge is -2.01. The van der Waals surface area contributed by atoms with E-state index in [-0.39, 0.29) is 17.8 Å². The zero-order chi connectivity index (χ0) is 10.1. The van der Waals surface area contributed by atoms with Crippen molar-refractivity contribution in [1.82, 2.24) is 0 Å². The molecule has 0 heterocycles. The minimum atomic E-state index is -0.130. The molecule has 0 amide bonds. The van der Waals surface area contributed by atoms with Gasteiger partial charge in [-0.2, -0.15) is 0 Å². The zero-order valence-corrected chi connectivity index (χ0v) is 8.62. The molecule has 1 saturated carbocycles. The molecule has 14 heavy (non-hydrogen) atoms. The van der Waals surface area contributed by atoms with E-state index >= 15 is 0 Å². The van der Waals surface area contributed by atoms with Crippen LogP contribution in [0.1, 0.15) is 17.9 Å². The monoisotopic (exact) mass is 210 g/mol. The van der Waals surface area contributed by atoms with E-state index < -0.39 is 0 Å². The van der Waals surface area contributed by atoms with Crippen LogP contribution < -0.4 is 0 Å². The van der Waals surface area contributed by atoms with E-state index in [4.69, 9.17) is 11.6 Å². The second kappa shape index (κ2) is 3.62. The summed E-state index contributed by atoms with van der Waals surface area (Å²) in [7, 11) is 1.42. The third kappa shape index (κ3) is 1.62. The molecule has 0 radical (unpaired) electrons. The average Bonchev–Trinajstić information content (AvgIpc) is 2.97. The quantitative estimate of drug-likeness (QED) is 0.702. The molecular weight excluding hydrogens is 200 g/mol. The SMILES string of the molecule is COC(=O)[C@H]1C[C@@H]1c1ccccc1Cl. The number of rotatable bonds is 2. The van der Waals surface area contributed by atoms with Crippen molar-refractivity contribution < 1.29 is 9.53 Å². The Morgan fingerprint density at radius 1 is 1.50 bits per heavy atom. The fourth-order valence-electron chi connectivity index (χ4n) is 1.73. The van der Waals surface area contributed by atoms with Gasteiger partial charge in [0.15, 0.2) is 0 Å². The zero-order valence-electron chi connectivity index (χ0n) is 7.87. The van der Waals surface area contributed by atoms with Crippen LogP contribution in [0.3, 0.4) is 0 Å². The molecule has 2 atom stereocenters. The molecule has 0 unspecified atom stereocenters. The van der Waals surface area contributed by atoms with Crippen molar-refractivity contribution in [3.63, 3.8) is 0 Å². The highest BCUT2D eigenvalue weighted by Gasteiger charge is 2.45. The maximum Gasteiger partial charge on any atom is 0.309 e. The van der Waals surface area contributed by atoms with E-state index in [1.165, 1.54) is 7.11 Å². The van der Waals surface area contributed by atoms with Gasteiger partial charge in [0.2, 0.25) is 0 Å². The normalized spacial score (nSPS) is 24.4. The van der Waals surface area contributed by atoms with E-state index in [9.17, 15) is 4.79 Å². The molecule has 0 saturated heterocycles. The van der Waals surface area contributed by atoms with Crippen molar-refractivity contribution in [2.24, 2.45) is 5.92 Å². The summed E-state index contributed by atoms with van der Waals surface area (Å²) in [5.41, 5.74) is 1.06. The minimum Gasteiger partial charge on any atom is -0.469 e. The molecule has 74 valence electrons. The number of hydrogen-bond acceptors (Lipinski definition) is 2. The van der Waals surface area contributed by atoms with Crippen LogP contribution in [0.4, 0.5) is 0 Å². The minimum absolute atomic E-state index is 0.0138.